The van der Waals surface area contributed by atoms with E-state index in [-0.39, 0.29) is 5.91 Å². The van der Waals surface area contributed by atoms with Gasteiger partial charge in [0.05, 0.1) is 13.7 Å². The first kappa shape index (κ1) is 20.3. The summed E-state index contributed by atoms with van der Waals surface area (Å²) in [5.41, 5.74) is 2.55. The minimum atomic E-state index is -0.176. The number of amides is 1. The molecule has 3 aromatic rings. The number of ether oxygens (including phenoxy) is 3. The Morgan fingerprint density at radius 1 is 0.862 bits per heavy atom. The van der Waals surface area contributed by atoms with Gasteiger partial charge in [0.2, 0.25) is 0 Å². The highest BCUT2D eigenvalue weighted by atomic mass is 16.5. The van der Waals surface area contributed by atoms with Gasteiger partial charge in [-0.15, -0.1) is 0 Å². The third-order valence-corrected chi connectivity index (χ3v) is 4.42. The molecule has 0 fully saturated rings. The van der Waals surface area contributed by atoms with Crippen molar-refractivity contribution in [1.29, 1.82) is 0 Å². The van der Waals surface area contributed by atoms with Crippen molar-refractivity contribution in [3.63, 3.8) is 0 Å². The number of rotatable bonds is 9. The van der Waals surface area contributed by atoms with Crippen LogP contribution in [0.4, 0.5) is 0 Å². The molecule has 0 saturated heterocycles. The molecule has 150 valence electrons. The smallest absolute Gasteiger partial charge is 0.251 e. The molecule has 0 aliphatic carbocycles. The van der Waals surface area contributed by atoms with E-state index in [0.717, 1.165) is 16.9 Å². The van der Waals surface area contributed by atoms with Crippen molar-refractivity contribution < 1.29 is 19.0 Å². The van der Waals surface area contributed by atoms with E-state index < -0.39 is 0 Å². The monoisotopic (exact) mass is 391 g/mol. The van der Waals surface area contributed by atoms with Gasteiger partial charge in [-0.3, -0.25) is 4.79 Å². The van der Waals surface area contributed by atoms with E-state index in [2.05, 4.69) is 5.32 Å². The second-order valence-electron chi connectivity index (χ2n) is 6.35. The Hall–Kier alpha value is -3.47. The number of carbonyl (C=O) groups excluding carboxylic acids is 1. The number of hydrogen-bond acceptors (Lipinski definition) is 4. The first-order valence-electron chi connectivity index (χ1n) is 9.55. The average Bonchev–Trinajstić information content (AvgIpc) is 2.77. The molecule has 0 spiro atoms. The number of para-hydroxylation sites is 1. The molecule has 1 amide bonds. The van der Waals surface area contributed by atoms with Crippen molar-refractivity contribution in [1.82, 2.24) is 5.32 Å². The predicted octanol–water partition coefficient (Wildman–Crippen LogP) is 4.60. The summed E-state index contributed by atoms with van der Waals surface area (Å²) in [6, 6.07) is 22.7. The summed E-state index contributed by atoms with van der Waals surface area (Å²) in [5.74, 6) is 1.80. The molecule has 1 N–H and O–H groups in total. The Balaban J connectivity index is 1.64. The zero-order valence-electron chi connectivity index (χ0n) is 16.7. The fraction of sp³-hybridized carbons (Fsp3) is 0.208. The van der Waals surface area contributed by atoms with Gasteiger partial charge in [-0.2, -0.15) is 0 Å². The first-order chi connectivity index (χ1) is 14.2. The fourth-order valence-electron chi connectivity index (χ4n) is 2.91. The molecule has 29 heavy (non-hydrogen) atoms. The summed E-state index contributed by atoms with van der Waals surface area (Å²) in [5, 5.41) is 2.97. The van der Waals surface area contributed by atoms with Gasteiger partial charge in [0.15, 0.2) is 11.5 Å². The van der Waals surface area contributed by atoms with Gasteiger partial charge in [-0.25, -0.2) is 0 Å². The average molecular weight is 391 g/mol. The van der Waals surface area contributed by atoms with E-state index in [0.29, 0.717) is 36.8 Å². The van der Waals surface area contributed by atoms with Gasteiger partial charge in [0.25, 0.3) is 5.91 Å². The van der Waals surface area contributed by atoms with E-state index in [1.807, 2.05) is 61.5 Å². The fourth-order valence-corrected chi connectivity index (χ4v) is 2.91. The lowest BCUT2D eigenvalue weighted by Crippen LogP contribution is -2.23. The van der Waals surface area contributed by atoms with E-state index in [1.54, 1.807) is 25.3 Å². The van der Waals surface area contributed by atoms with Crippen LogP contribution in [0.25, 0.3) is 0 Å². The zero-order chi connectivity index (χ0) is 20.5. The van der Waals surface area contributed by atoms with Crippen LogP contribution < -0.4 is 19.5 Å². The maximum Gasteiger partial charge on any atom is 0.251 e. The first-order valence-corrected chi connectivity index (χ1v) is 9.55. The van der Waals surface area contributed by atoms with E-state index >= 15 is 0 Å². The van der Waals surface area contributed by atoms with Crippen molar-refractivity contribution in [2.45, 2.75) is 20.1 Å². The Kier molecular flexibility index (Phi) is 7.11. The molecule has 0 atom stereocenters. The van der Waals surface area contributed by atoms with Crippen molar-refractivity contribution in [3.8, 4) is 17.2 Å². The molecule has 0 saturated carbocycles. The maximum atomic E-state index is 12.6. The molecular weight excluding hydrogens is 366 g/mol. The van der Waals surface area contributed by atoms with Crippen LogP contribution in [0, 0.1) is 0 Å². The SMILES string of the molecule is CCOc1ccc(C(=O)NCc2ccccc2COc2ccccc2)cc1OC. The predicted molar refractivity (Wildman–Crippen MR) is 113 cm³/mol. The second kappa shape index (κ2) is 10.2. The van der Waals surface area contributed by atoms with Crippen LogP contribution >= 0.6 is 0 Å². The molecule has 0 aliphatic rings. The van der Waals surface area contributed by atoms with Crippen LogP contribution in [0.3, 0.4) is 0 Å². The summed E-state index contributed by atoms with van der Waals surface area (Å²) in [7, 11) is 1.56. The van der Waals surface area contributed by atoms with Crippen LogP contribution in [-0.4, -0.2) is 19.6 Å². The van der Waals surface area contributed by atoms with E-state index in [9.17, 15) is 4.79 Å². The normalized spacial score (nSPS) is 10.3. The lowest BCUT2D eigenvalue weighted by Gasteiger charge is -2.13. The Bertz CT molecular complexity index is 941. The molecule has 3 rings (SSSR count). The number of methoxy groups -OCH3 is 1. The molecule has 0 aromatic heterocycles. The lowest BCUT2D eigenvalue weighted by atomic mass is 10.1. The Morgan fingerprint density at radius 3 is 2.31 bits per heavy atom. The summed E-state index contributed by atoms with van der Waals surface area (Å²) in [4.78, 5) is 12.6. The Labute approximate surface area is 171 Å². The van der Waals surface area contributed by atoms with Gasteiger partial charge >= 0.3 is 0 Å². The number of hydrogen-bond donors (Lipinski definition) is 1. The van der Waals surface area contributed by atoms with Crippen molar-refractivity contribution >= 4 is 5.91 Å². The molecule has 0 radical (unpaired) electrons. The molecule has 3 aromatic carbocycles. The molecule has 0 bridgehead atoms. The van der Waals surface area contributed by atoms with Crippen LogP contribution in [-0.2, 0) is 13.2 Å². The van der Waals surface area contributed by atoms with Crippen molar-refractivity contribution in [2.75, 3.05) is 13.7 Å². The molecule has 0 heterocycles. The minimum absolute atomic E-state index is 0.176. The molecule has 0 unspecified atom stereocenters. The summed E-state index contributed by atoms with van der Waals surface area (Å²) in [6.45, 7) is 3.28. The second-order valence-corrected chi connectivity index (χ2v) is 6.35. The van der Waals surface area contributed by atoms with Crippen LogP contribution in [0.5, 0.6) is 17.2 Å². The van der Waals surface area contributed by atoms with E-state index in [1.165, 1.54) is 0 Å². The third-order valence-electron chi connectivity index (χ3n) is 4.42. The van der Waals surface area contributed by atoms with Gasteiger partial charge in [0, 0.05) is 12.1 Å². The summed E-state index contributed by atoms with van der Waals surface area (Å²) in [6.07, 6.45) is 0. The summed E-state index contributed by atoms with van der Waals surface area (Å²) < 4.78 is 16.7. The van der Waals surface area contributed by atoms with Gasteiger partial charge < -0.3 is 19.5 Å². The number of carbonyl (C=O) groups is 1. The minimum Gasteiger partial charge on any atom is -0.493 e. The quantitative estimate of drug-likeness (QED) is 0.579. The third kappa shape index (κ3) is 5.51. The van der Waals surface area contributed by atoms with Crippen LogP contribution in [0.2, 0.25) is 0 Å². The number of benzene rings is 3. The van der Waals surface area contributed by atoms with Gasteiger partial charge in [-0.05, 0) is 48.4 Å². The molecule has 5 nitrogen and oxygen atoms in total. The van der Waals surface area contributed by atoms with Crippen LogP contribution in [0.1, 0.15) is 28.4 Å². The summed E-state index contributed by atoms with van der Waals surface area (Å²) >= 11 is 0. The van der Waals surface area contributed by atoms with Crippen molar-refractivity contribution in [2.24, 2.45) is 0 Å². The van der Waals surface area contributed by atoms with E-state index in [4.69, 9.17) is 14.2 Å². The van der Waals surface area contributed by atoms with Gasteiger partial charge in [-0.1, -0.05) is 42.5 Å². The topological polar surface area (TPSA) is 56.8 Å². The standard InChI is InChI=1S/C24H25NO4/c1-3-28-22-14-13-18(15-23(22)27-2)24(26)25-16-19-9-7-8-10-20(19)17-29-21-11-5-4-6-12-21/h4-15H,3,16-17H2,1-2H3,(H,25,26). The molecule has 5 heteroatoms. The largest absolute Gasteiger partial charge is 0.493 e. The molecular formula is C24H25NO4. The van der Waals surface area contributed by atoms with Gasteiger partial charge in [0.1, 0.15) is 12.4 Å². The zero-order valence-corrected chi connectivity index (χ0v) is 16.7. The lowest BCUT2D eigenvalue weighted by molar-refractivity contribution is 0.0950. The highest BCUT2D eigenvalue weighted by Crippen LogP contribution is 2.28. The van der Waals surface area contributed by atoms with Crippen molar-refractivity contribution in [3.05, 3.63) is 89.5 Å². The van der Waals surface area contributed by atoms with Crippen LogP contribution in [0.15, 0.2) is 72.8 Å². The maximum absolute atomic E-state index is 12.6. The highest BCUT2D eigenvalue weighted by molar-refractivity contribution is 5.94. The molecule has 0 aliphatic heterocycles. The Morgan fingerprint density at radius 2 is 1.59 bits per heavy atom. The highest BCUT2D eigenvalue weighted by Gasteiger charge is 2.12. The number of nitrogens with one attached hydrogen (secondary N) is 1.